The molecule has 0 aromatic heterocycles. The van der Waals surface area contributed by atoms with Crippen molar-refractivity contribution in [1.82, 2.24) is 5.32 Å². The van der Waals surface area contributed by atoms with Crippen molar-refractivity contribution in [2.45, 2.75) is 161 Å². The summed E-state index contributed by atoms with van der Waals surface area (Å²) in [6.07, 6.45) is 66.9. The molecular formula is C54H89N2O6P. The van der Waals surface area contributed by atoms with Gasteiger partial charge in [0.1, 0.15) is 13.2 Å². The van der Waals surface area contributed by atoms with Crippen LogP contribution in [0.15, 0.2) is 134 Å². The van der Waals surface area contributed by atoms with Gasteiger partial charge in [-0.3, -0.25) is 9.36 Å². The van der Waals surface area contributed by atoms with Crippen molar-refractivity contribution in [2.24, 2.45) is 0 Å². The van der Waals surface area contributed by atoms with Gasteiger partial charge in [0.25, 0.3) is 7.82 Å². The van der Waals surface area contributed by atoms with E-state index in [9.17, 15) is 19.4 Å². The highest BCUT2D eigenvalue weighted by Crippen LogP contribution is 2.38. The van der Waals surface area contributed by atoms with Gasteiger partial charge in [0.15, 0.2) is 0 Å². The lowest BCUT2D eigenvalue weighted by Crippen LogP contribution is -2.45. The number of quaternary nitrogens is 1. The SMILES string of the molecule is CC/C=C\C/C=C\C/C=C\C/C=C\C/C=C\C/C=C\C/C=C\C/C=C\C/C=C\C/C=C\CCCCCCC(=O)NC(COP(=O)([O-])OCC[N+](C)(C)C)C(O)/C=C/CCCCCC. The predicted molar refractivity (Wildman–Crippen MR) is 269 cm³/mol. The Kier molecular flexibility index (Phi) is 41.5. The average molecular weight is 893 g/mol. The zero-order chi connectivity index (χ0) is 46.4. The van der Waals surface area contributed by atoms with Crippen LogP contribution in [0.3, 0.4) is 0 Å². The van der Waals surface area contributed by atoms with Gasteiger partial charge in [0, 0.05) is 6.42 Å². The number of carbonyl (C=O) groups excluding carboxylic acids is 1. The fourth-order valence-corrected chi connectivity index (χ4v) is 6.55. The summed E-state index contributed by atoms with van der Waals surface area (Å²) in [5.74, 6) is -0.236. The predicted octanol–water partition coefficient (Wildman–Crippen LogP) is 13.4. The molecule has 3 unspecified atom stereocenters. The van der Waals surface area contributed by atoms with Gasteiger partial charge in [-0.25, -0.2) is 0 Å². The molecule has 9 heteroatoms. The summed E-state index contributed by atoms with van der Waals surface area (Å²) in [5, 5.41) is 13.6. The van der Waals surface area contributed by atoms with Crippen LogP contribution in [0.1, 0.15) is 149 Å². The number of rotatable bonds is 41. The second-order valence-electron chi connectivity index (χ2n) is 16.7. The molecule has 356 valence electrons. The number of phosphoric ester groups is 1. The van der Waals surface area contributed by atoms with Crippen LogP contribution in [0, 0.1) is 0 Å². The lowest BCUT2D eigenvalue weighted by molar-refractivity contribution is -0.870. The van der Waals surface area contributed by atoms with E-state index in [1.54, 1.807) is 6.08 Å². The van der Waals surface area contributed by atoms with E-state index in [0.29, 0.717) is 17.4 Å². The summed E-state index contributed by atoms with van der Waals surface area (Å²) in [7, 11) is 1.21. The molecule has 0 radical (unpaired) electrons. The van der Waals surface area contributed by atoms with Gasteiger partial charge in [0.05, 0.1) is 39.9 Å². The first-order valence-corrected chi connectivity index (χ1v) is 25.5. The number of aliphatic hydroxyl groups is 1. The third-order valence-electron chi connectivity index (χ3n) is 9.62. The van der Waals surface area contributed by atoms with Crippen molar-refractivity contribution >= 4 is 13.7 Å². The molecule has 0 saturated carbocycles. The Bertz CT molecular complexity index is 1480. The maximum Gasteiger partial charge on any atom is 0.268 e. The monoisotopic (exact) mass is 893 g/mol. The second kappa shape index (κ2) is 43.9. The molecule has 0 aromatic carbocycles. The number of phosphoric acid groups is 1. The number of carbonyl (C=O) groups is 1. The van der Waals surface area contributed by atoms with Crippen LogP contribution in [0.4, 0.5) is 0 Å². The Morgan fingerprint density at radius 2 is 0.968 bits per heavy atom. The van der Waals surface area contributed by atoms with E-state index in [1.165, 1.54) is 0 Å². The largest absolute Gasteiger partial charge is 0.756 e. The molecule has 0 spiro atoms. The molecule has 8 nitrogen and oxygen atoms in total. The summed E-state index contributed by atoms with van der Waals surface area (Å²) in [4.78, 5) is 25.1. The number of hydrogen-bond acceptors (Lipinski definition) is 6. The van der Waals surface area contributed by atoms with Crippen molar-refractivity contribution in [1.29, 1.82) is 0 Å². The first-order chi connectivity index (χ1) is 30.5. The normalized spacial score (nSPS) is 15.3. The van der Waals surface area contributed by atoms with Crippen LogP contribution in [-0.2, 0) is 18.4 Å². The summed E-state index contributed by atoms with van der Waals surface area (Å²) in [6, 6.07) is -0.906. The molecule has 0 aromatic rings. The Hall–Kier alpha value is -3.36. The van der Waals surface area contributed by atoms with Crippen molar-refractivity contribution in [3.8, 4) is 0 Å². The number of likely N-dealkylation sites (N-methyl/N-ethyl adjacent to an activating group) is 1. The lowest BCUT2D eigenvalue weighted by Gasteiger charge is -2.29. The summed E-state index contributed by atoms with van der Waals surface area (Å²) in [5.41, 5.74) is 0. The smallest absolute Gasteiger partial charge is 0.268 e. The van der Waals surface area contributed by atoms with Crippen LogP contribution in [0.2, 0.25) is 0 Å². The standard InChI is InChI=1S/C54H89N2O6P/c1-6-8-10-12-14-15-16-17-18-19-20-21-22-23-24-25-26-27-28-29-30-31-32-33-34-35-36-37-38-39-40-41-42-44-46-48-54(58)55-52(53(57)47-45-43-13-11-9-7-2)51-62-63(59,60)61-50-49-56(3,4)5/h8,10,14-15,17-18,20-21,23-24,26-27,29-30,32-33,35-36,38-39,45,47,52-53,57H,6-7,9,11-13,16,19,22,25,28,31,34,37,40-44,46,48-51H2,1-5H3,(H-,55,58,59,60)/b10-8-,15-14-,18-17-,21-20-,24-23-,27-26-,30-29-,33-32-,36-35-,39-38-,47-45+. The molecule has 0 heterocycles. The molecule has 2 N–H and O–H groups in total. The van der Waals surface area contributed by atoms with Gasteiger partial charge in [0.2, 0.25) is 5.91 Å². The molecular weight excluding hydrogens is 804 g/mol. The summed E-state index contributed by atoms with van der Waals surface area (Å²) >= 11 is 0. The minimum absolute atomic E-state index is 0.0149. The van der Waals surface area contributed by atoms with Crippen molar-refractivity contribution < 1.29 is 32.9 Å². The Balaban J connectivity index is 4.14. The fourth-order valence-electron chi connectivity index (χ4n) is 5.82. The maximum absolute atomic E-state index is 12.8. The van der Waals surface area contributed by atoms with E-state index >= 15 is 0 Å². The number of hydrogen-bond donors (Lipinski definition) is 2. The highest BCUT2D eigenvalue weighted by atomic mass is 31.2. The van der Waals surface area contributed by atoms with Gasteiger partial charge < -0.3 is 28.8 Å². The highest BCUT2D eigenvalue weighted by molar-refractivity contribution is 7.45. The maximum atomic E-state index is 12.8. The second-order valence-corrected chi connectivity index (χ2v) is 18.1. The highest BCUT2D eigenvalue weighted by Gasteiger charge is 2.23. The Morgan fingerprint density at radius 3 is 1.40 bits per heavy atom. The van der Waals surface area contributed by atoms with E-state index in [0.717, 1.165) is 128 Å². The molecule has 0 saturated heterocycles. The van der Waals surface area contributed by atoms with Crippen LogP contribution in [0.5, 0.6) is 0 Å². The quantitative estimate of drug-likeness (QED) is 0.0274. The van der Waals surface area contributed by atoms with Gasteiger partial charge in [-0.2, -0.15) is 0 Å². The summed E-state index contributed by atoms with van der Waals surface area (Å²) < 4.78 is 23.0. The Morgan fingerprint density at radius 1 is 0.571 bits per heavy atom. The number of nitrogens with zero attached hydrogens (tertiary/aromatic N) is 1. The summed E-state index contributed by atoms with van der Waals surface area (Å²) in [6.45, 7) is 4.38. The number of nitrogens with one attached hydrogen (secondary N) is 1. The third-order valence-corrected chi connectivity index (χ3v) is 10.6. The number of aliphatic hydroxyl groups excluding tert-OH is 1. The fraction of sp³-hybridized carbons (Fsp3) is 0.574. The van der Waals surface area contributed by atoms with E-state index < -0.39 is 26.6 Å². The van der Waals surface area contributed by atoms with Gasteiger partial charge in [-0.1, -0.05) is 180 Å². The van der Waals surface area contributed by atoms with Crippen molar-refractivity contribution in [3.05, 3.63) is 134 Å². The lowest BCUT2D eigenvalue weighted by atomic mass is 10.1. The average Bonchev–Trinajstić information content (AvgIpc) is 3.24. The number of allylic oxidation sites excluding steroid dienone is 21. The minimum atomic E-state index is -4.59. The van der Waals surface area contributed by atoms with Gasteiger partial charge >= 0.3 is 0 Å². The molecule has 63 heavy (non-hydrogen) atoms. The van der Waals surface area contributed by atoms with Crippen LogP contribution >= 0.6 is 7.82 Å². The molecule has 0 aliphatic carbocycles. The molecule has 0 fully saturated rings. The van der Waals surface area contributed by atoms with E-state index in [-0.39, 0.29) is 12.5 Å². The first kappa shape index (κ1) is 59.6. The van der Waals surface area contributed by atoms with E-state index in [4.69, 9.17) is 9.05 Å². The van der Waals surface area contributed by atoms with Crippen LogP contribution in [0.25, 0.3) is 0 Å². The number of unbranched alkanes of at least 4 members (excludes halogenated alkanes) is 8. The van der Waals surface area contributed by atoms with Crippen molar-refractivity contribution in [2.75, 3.05) is 40.9 Å². The molecule has 0 rings (SSSR count). The van der Waals surface area contributed by atoms with Gasteiger partial charge in [-0.05, 0) is 96.3 Å². The van der Waals surface area contributed by atoms with E-state index in [1.807, 2.05) is 27.2 Å². The Labute approximate surface area is 386 Å². The zero-order valence-corrected chi connectivity index (χ0v) is 41.1. The number of amides is 1. The molecule has 0 aliphatic heterocycles. The van der Waals surface area contributed by atoms with E-state index in [2.05, 4.69) is 141 Å². The minimum Gasteiger partial charge on any atom is -0.756 e. The zero-order valence-electron chi connectivity index (χ0n) is 40.2. The first-order valence-electron chi connectivity index (χ1n) is 24.0. The third kappa shape index (κ3) is 46.4. The molecule has 3 atom stereocenters. The van der Waals surface area contributed by atoms with Crippen LogP contribution < -0.4 is 10.2 Å². The van der Waals surface area contributed by atoms with Crippen LogP contribution in [-0.4, -0.2) is 68.5 Å². The topological polar surface area (TPSA) is 108 Å². The van der Waals surface area contributed by atoms with Gasteiger partial charge in [-0.15, -0.1) is 0 Å². The van der Waals surface area contributed by atoms with Crippen molar-refractivity contribution in [3.63, 3.8) is 0 Å². The molecule has 0 aliphatic rings. The molecule has 1 amide bonds. The molecule has 0 bridgehead atoms.